The average molecular weight is 435 g/mol. The van der Waals surface area contributed by atoms with E-state index in [2.05, 4.69) is 0 Å². The van der Waals surface area contributed by atoms with Crippen LogP contribution in [0.15, 0.2) is 0 Å². The fourth-order valence-corrected chi connectivity index (χ4v) is 0. The molecular weight excluding hydrogens is 435 g/mol. The number of phosphoric acid groups is 2. The van der Waals surface area contributed by atoms with Gasteiger partial charge in [0.1, 0.15) is 0 Å². The van der Waals surface area contributed by atoms with Crippen LogP contribution in [0.4, 0.5) is 0 Å². The van der Waals surface area contributed by atoms with Gasteiger partial charge in [0.2, 0.25) is 0 Å². The summed E-state index contributed by atoms with van der Waals surface area (Å²) in [5, 5.41) is 0. The van der Waals surface area contributed by atoms with Crippen molar-refractivity contribution in [2.45, 2.75) is 0 Å². The van der Waals surface area contributed by atoms with Crippen molar-refractivity contribution in [2.75, 3.05) is 0 Å². The average Bonchev–Trinajstić information content (AvgIpc) is 1.12. The Labute approximate surface area is 91.1 Å². The summed E-state index contributed by atoms with van der Waals surface area (Å²) in [6.07, 6.45) is 0. The summed E-state index contributed by atoms with van der Waals surface area (Å²) in [5.74, 6) is 0. The standard InChI is InChI=1S/Ni.2H3O4P.Re/c;2*1-5(2,3)4;/h;2*(H3,1,2,3,4);/q+2;;;/p-6. The fraction of sp³-hybridized carbons (Fsp3) is 0. The Kier molecular flexibility index (Phi) is 17.4. The van der Waals surface area contributed by atoms with Gasteiger partial charge >= 0.3 is 16.5 Å². The molecule has 0 heterocycles. The van der Waals surface area contributed by atoms with Crippen LogP contribution in [0.3, 0.4) is 0 Å². The molecule has 0 bridgehead atoms. The Hall–Kier alpha value is 1.38. The summed E-state index contributed by atoms with van der Waals surface area (Å²) >= 11 is 0. The number of hydrogen-bond acceptors (Lipinski definition) is 8. The second kappa shape index (κ2) is 8.95. The van der Waals surface area contributed by atoms with Crippen LogP contribution < -0.4 is 29.4 Å². The molecule has 0 aromatic heterocycles. The van der Waals surface area contributed by atoms with Gasteiger partial charge in [0.25, 0.3) is 0 Å². The van der Waals surface area contributed by atoms with Crippen molar-refractivity contribution in [1.29, 1.82) is 0 Å². The van der Waals surface area contributed by atoms with Crippen molar-refractivity contribution in [3.63, 3.8) is 0 Å². The van der Waals surface area contributed by atoms with Gasteiger partial charge in [0.15, 0.2) is 0 Å². The van der Waals surface area contributed by atoms with Crippen LogP contribution in [-0.4, -0.2) is 0 Å². The van der Waals surface area contributed by atoms with Crippen molar-refractivity contribution < 1.29 is 75.4 Å². The third-order valence-corrected chi connectivity index (χ3v) is 0. The maximum Gasteiger partial charge on any atom is 2.00 e. The quantitative estimate of drug-likeness (QED) is 0.268. The first-order valence-corrected chi connectivity index (χ1v) is 4.38. The van der Waals surface area contributed by atoms with Gasteiger partial charge in [-0.1, -0.05) is 0 Å². The SMILES string of the molecule is O=P([O-])([O-])[O-].O=P([O-])([O-])[O-].[Ni+2].[Re]. The Bertz CT molecular complexity index is 129. The maximum atomic E-state index is 8.55. The molecule has 0 atom stereocenters. The van der Waals surface area contributed by atoms with Crippen molar-refractivity contribution >= 4 is 15.6 Å². The van der Waals surface area contributed by atoms with E-state index < -0.39 is 15.6 Å². The zero-order chi connectivity index (χ0) is 9.00. The van der Waals surface area contributed by atoms with Gasteiger partial charge in [-0.05, 0) is 0 Å². The second-order valence-corrected chi connectivity index (χ2v) is 2.68. The predicted octanol–water partition coefficient (Wildman–Crippen LogP) is -5.65. The molecule has 0 aromatic rings. The summed E-state index contributed by atoms with van der Waals surface area (Å²) in [6, 6.07) is 0. The predicted molar refractivity (Wildman–Crippen MR) is 15.2 cm³/mol. The smallest absolute Gasteiger partial charge is 0.822 e. The Balaban J connectivity index is -0.0000000457. The second-order valence-electron chi connectivity index (χ2n) is 0.894. The molecule has 0 N–H and O–H groups in total. The van der Waals surface area contributed by atoms with E-state index >= 15 is 0 Å². The van der Waals surface area contributed by atoms with E-state index in [1.54, 1.807) is 0 Å². The molecule has 12 heteroatoms. The van der Waals surface area contributed by atoms with Crippen LogP contribution in [-0.2, 0) is 46.0 Å². The van der Waals surface area contributed by atoms with E-state index in [4.69, 9.17) is 38.5 Å². The molecule has 0 aliphatic carbocycles. The van der Waals surface area contributed by atoms with Crippen molar-refractivity contribution in [3.05, 3.63) is 0 Å². The molecule has 0 saturated carbocycles. The van der Waals surface area contributed by atoms with E-state index in [9.17, 15) is 0 Å². The molecule has 0 rings (SSSR count). The zero-order valence-electron chi connectivity index (χ0n) is 4.85. The molecule has 0 saturated heterocycles. The van der Waals surface area contributed by atoms with Gasteiger partial charge in [-0.3, -0.25) is 0 Å². The van der Waals surface area contributed by atoms with Crippen LogP contribution in [0.2, 0.25) is 0 Å². The third kappa shape index (κ3) is 647. The van der Waals surface area contributed by atoms with Crippen LogP contribution in [0.5, 0.6) is 0 Å². The molecule has 12 heavy (non-hydrogen) atoms. The Morgan fingerprint density at radius 3 is 0.667 bits per heavy atom. The minimum absolute atomic E-state index is 0. The molecule has 79 valence electrons. The molecule has 8 nitrogen and oxygen atoms in total. The summed E-state index contributed by atoms with van der Waals surface area (Å²) in [6.45, 7) is 0. The van der Waals surface area contributed by atoms with Gasteiger partial charge in [-0.15, -0.1) is 0 Å². The van der Waals surface area contributed by atoms with Gasteiger partial charge in [-0.2, -0.15) is 15.6 Å². The molecule has 0 fully saturated rings. The molecule has 0 aliphatic rings. The van der Waals surface area contributed by atoms with Gasteiger partial charge in [-0.25, -0.2) is 0 Å². The molecule has 0 unspecified atom stereocenters. The molecule has 0 spiro atoms. The Morgan fingerprint density at radius 1 is 0.667 bits per heavy atom. The monoisotopic (exact) mass is 435 g/mol. The first kappa shape index (κ1) is 23.3. The van der Waals surface area contributed by atoms with E-state index in [0.717, 1.165) is 0 Å². The zero-order valence-corrected chi connectivity index (χ0v) is 10.3. The topological polar surface area (TPSA) is 172 Å². The van der Waals surface area contributed by atoms with Crippen molar-refractivity contribution in [3.8, 4) is 0 Å². The van der Waals surface area contributed by atoms with Gasteiger partial charge in [0, 0.05) is 20.4 Å². The van der Waals surface area contributed by atoms with Gasteiger partial charge in [0.05, 0.1) is 0 Å². The molecule has 0 aromatic carbocycles. The van der Waals surface area contributed by atoms with E-state index in [1.165, 1.54) is 0 Å². The normalized spacial score (nSPS) is 9.83. The van der Waals surface area contributed by atoms with E-state index in [0.29, 0.717) is 0 Å². The van der Waals surface area contributed by atoms with Crippen LogP contribution in [0.25, 0.3) is 0 Å². The first-order valence-electron chi connectivity index (χ1n) is 1.46. The summed E-state index contributed by atoms with van der Waals surface area (Å²) in [5.41, 5.74) is 0. The van der Waals surface area contributed by atoms with Crippen LogP contribution in [0, 0.1) is 0 Å². The van der Waals surface area contributed by atoms with Crippen LogP contribution >= 0.6 is 15.6 Å². The summed E-state index contributed by atoms with van der Waals surface area (Å²) < 4.78 is 17.1. The fourth-order valence-electron chi connectivity index (χ4n) is 0. The van der Waals surface area contributed by atoms with Gasteiger partial charge < -0.3 is 38.5 Å². The minimum Gasteiger partial charge on any atom is -0.822 e. The van der Waals surface area contributed by atoms with E-state index in [1.807, 2.05) is 0 Å². The largest absolute Gasteiger partial charge is 2.00 e. The molecule has 1 radical (unpaired) electrons. The van der Waals surface area contributed by atoms with Crippen molar-refractivity contribution in [2.24, 2.45) is 0 Å². The van der Waals surface area contributed by atoms with Crippen LogP contribution in [0.1, 0.15) is 0 Å². The first-order chi connectivity index (χ1) is 4.00. The molecular formula is NiO8P2Re-4. The maximum absolute atomic E-state index is 8.55. The number of hydrogen-bond donors (Lipinski definition) is 0. The third-order valence-electron chi connectivity index (χ3n) is 0. The summed E-state index contributed by atoms with van der Waals surface area (Å²) in [7, 11) is -10.8. The molecule has 0 amide bonds. The Morgan fingerprint density at radius 2 is 0.667 bits per heavy atom. The van der Waals surface area contributed by atoms with Crippen molar-refractivity contribution in [1.82, 2.24) is 0 Å². The minimum atomic E-state index is -5.39. The van der Waals surface area contributed by atoms with E-state index in [-0.39, 0.29) is 36.9 Å². The molecule has 0 aliphatic heterocycles. The summed E-state index contributed by atoms with van der Waals surface area (Å²) in [4.78, 5) is 51.3. The number of rotatable bonds is 0.